The minimum atomic E-state index is -0.892. The standard InChI is InChI=1S/C16H22N2O2S/c19-16(20)5-4-13-9-15(21-12-13)11-17-6-2-8-18-7-1-3-14(18)10-17/h4-5,9,12,14H,1-3,6-8,10-11H2,(H,19,20). The molecule has 1 N–H and O–H groups in total. The Balaban J connectivity index is 1.59. The van der Waals surface area contributed by atoms with E-state index >= 15 is 0 Å². The monoisotopic (exact) mass is 306 g/mol. The van der Waals surface area contributed by atoms with Crippen molar-refractivity contribution in [2.24, 2.45) is 0 Å². The van der Waals surface area contributed by atoms with Gasteiger partial charge in [0, 0.05) is 30.1 Å². The van der Waals surface area contributed by atoms with Gasteiger partial charge in [-0.15, -0.1) is 11.3 Å². The van der Waals surface area contributed by atoms with Gasteiger partial charge >= 0.3 is 5.97 Å². The maximum absolute atomic E-state index is 10.5. The van der Waals surface area contributed by atoms with Crippen LogP contribution in [0.3, 0.4) is 0 Å². The predicted molar refractivity (Wildman–Crippen MR) is 85.5 cm³/mol. The zero-order valence-corrected chi connectivity index (χ0v) is 13.0. The number of aliphatic carboxylic acids is 1. The average Bonchev–Trinajstić information content (AvgIpc) is 3.03. The first-order chi connectivity index (χ1) is 10.2. The first-order valence-electron chi connectivity index (χ1n) is 7.65. The highest BCUT2D eigenvalue weighted by Gasteiger charge is 2.28. The molecule has 0 saturated carbocycles. The topological polar surface area (TPSA) is 43.8 Å². The summed E-state index contributed by atoms with van der Waals surface area (Å²) in [6.07, 6.45) is 6.82. The van der Waals surface area contributed by atoms with Gasteiger partial charge in [0.2, 0.25) is 0 Å². The average molecular weight is 306 g/mol. The Kier molecular flexibility index (Phi) is 4.73. The van der Waals surface area contributed by atoms with E-state index in [1.165, 1.54) is 56.4 Å². The zero-order chi connectivity index (χ0) is 14.7. The number of hydrogen-bond acceptors (Lipinski definition) is 4. The second-order valence-electron chi connectivity index (χ2n) is 5.94. The van der Waals surface area contributed by atoms with E-state index in [0.717, 1.165) is 18.2 Å². The summed E-state index contributed by atoms with van der Waals surface area (Å²) < 4.78 is 0. The number of carboxylic acids is 1. The molecule has 0 radical (unpaired) electrons. The van der Waals surface area contributed by atoms with Crippen molar-refractivity contribution in [3.05, 3.63) is 28.0 Å². The maximum Gasteiger partial charge on any atom is 0.328 e. The molecule has 3 rings (SSSR count). The fourth-order valence-electron chi connectivity index (χ4n) is 3.38. The minimum absolute atomic E-state index is 0.749. The lowest BCUT2D eigenvalue weighted by Gasteiger charge is -2.25. The van der Waals surface area contributed by atoms with E-state index in [0.29, 0.717) is 0 Å². The maximum atomic E-state index is 10.5. The van der Waals surface area contributed by atoms with Crippen LogP contribution in [0.15, 0.2) is 17.5 Å². The Morgan fingerprint density at radius 3 is 3.10 bits per heavy atom. The normalized spacial score (nSPS) is 24.3. The molecule has 0 aromatic carbocycles. The van der Waals surface area contributed by atoms with Crippen molar-refractivity contribution < 1.29 is 9.90 Å². The van der Waals surface area contributed by atoms with Crippen LogP contribution in [-0.2, 0) is 11.3 Å². The number of hydrogen-bond donors (Lipinski definition) is 1. The zero-order valence-electron chi connectivity index (χ0n) is 12.2. The second kappa shape index (κ2) is 6.73. The molecule has 21 heavy (non-hydrogen) atoms. The van der Waals surface area contributed by atoms with E-state index in [-0.39, 0.29) is 0 Å². The molecule has 0 aliphatic carbocycles. The SMILES string of the molecule is O=C(O)C=Cc1csc(CN2CCCN3CCCC3C2)c1. The molecule has 1 unspecified atom stereocenters. The molecule has 3 heterocycles. The number of carboxylic acid groups (broad SMARTS) is 1. The lowest BCUT2D eigenvalue weighted by atomic mass is 10.2. The molecule has 1 atom stereocenters. The molecule has 114 valence electrons. The highest BCUT2D eigenvalue weighted by molar-refractivity contribution is 7.10. The van der Waals surface area contributed by atoms with Crippen LogP contribution in [0.2, 0.25) is 0 Å². The second-order valence-corrected chi connectivity index (χ2v) is 6.93. The summed E-state index contributed by atoms with van der Waals surface area (Å²) in [5.74, 6) is -0.892. The molecule has 4 nitrogen and oxygen atoms in total. The molecule has 2 saturated heterocycles. The van der Waals surface area contributed by atoms with E-state index in [2.05, 4.69) is 15.9 Å². The highest BCUT2D eigenvalue weighted by Crippen LogP contribution is 2.24. The lowest BCUT2D eigenvalue weighted by Crippen LogP contribution is -2.36. The molecule has 2 aliphatic heterocycles. The summed E-state index contributed by atoms with van der Waals surface area (Å²) in [7, 11) is 0. The van der Waals surface area contributed by atoms with E-state index in [1.54, 1.807) is 17.4 Å². The summed E-state index contributed by atoms with van der Waals surface area (Å²) in [4.78, 5) is 17.1. The van der Waals surface area contributed by atoms with Gasteiger partial charge in [-0.3, -0.25) is 9.80 Å². The largest absolute Gasteiger partial charge is 0.478 e. The van der Waals surface area contributed by atoms with Crippen molar-refractivity contribution in [1.29, 1.82) is 0 Å². The molecule has 0 amide bonds. The Labute approximate surface area is 129 Å². The molecule has 1 aromatic rings. The van der Waals surface area contributed by atoms with Crippen LogP contribution in [0.4, 0.5) is 0 Å². The molecule has 0 spiro atoms. The van der Waals surface area contributed by atoms with Gasteiger partial charge in [-0.25, -0.2) is 4.79 Å². The fraction of sp³-hybridized carbons (Fsp3) is 0.562. The Bertz CT molecular complexity index is 526. The summed E-state index contributed by atoms with van der Waals surface area (Å²) in [6, 6.07) is 2.86. The third kappa shape index (κ3) is 3.93. The Hall–Kier alpha value is -1.17. The van der Waals surface area contributed by atoms with Crippen molar-refractivity contribution >= 4 is 23.4 Å². The van der Waals surface area contributed by atoms with Gasteiger partial charge in [0.05, 0.1) is 0 Å². The van der Waals surface area contributed by atoms with Crippen LogP contribution >= 0.6 is 11.3 Å². The Morgan fingerprint density at radius 2 is 2.24 bits per heavy atom. The van der Waals surface area contributed by atoms with Crippen molar-refractivity contribution in [3.63, 3.8) is 0 Å². The first-order valence-corrected chi connectivity index (χ1v) is 8.53. The van der Waals surface area contributed by atoms with Crippen LogP contribution in [0.1, 0.15) is 29.7 Å². The molecular weight excluding hydrogens is 284 g/mol. The number of carbonyl (C=O) groups is 1. The fourth-order valence-corrected chi connectivity index (χ4v) is 4.28. The van der Waals surface area contributed by atoms with E-state index in [4.69, 9.17) is 5.11 Å². The minimum Gasteiger partial charge on any atom is -0.478 e. The van der Waals surface area contributed by atoms with Gasteiger partial charge < -0.3 is 5.11 Å². The number of rotatable bonds is 4. The molecule has 2 aliphatic rings. The third-order valence-corrected chi connectivity index (χ3v) is 5.30. The summed E-state index contributed by atoms with van der Waals surface area (Å²) in [5.41, 5.74) is 0.995. The van der Waals surface area contributed by atoms with Crippen molar-refractivity contribution in [2.45, 2.75) is 31.8 Å². The van der Waals surface area contributed by atoms with Gasteiger partial charge in [-0.2, -0.15) is 0 Å². The van der Waals surface area contributed by atoms with Crippen LogP contribution in [0, 0.1) is 0 Å². The number of thiophene rings is 1. The predicted octanol–water partition coefficient (Wildman–Crippen LogP) is 2.52. The van der Waals surface area contributed by atoms with Crippen LogP contribution in [0.25, 0.3) is 6.08 Å². The van der Waals surface area contributed by atoms with Gasteiger partial charge in [-0.1, -0.05) is 0 Å². The Morgan fingerprint density at radius 1 is 1.38 bits per heavy atom. The lowest BCUT2D eigenvalue weighted by molar-refractivity contribution is -0.131. The highest BCUT2D eigenvalue weighted by atomic mass is 32.1. The summed E-state index contributed by atoms with van der Waals surface area (Å²) in [5, 5.41) is 10.7. The van der Waals surface area contributed by atoms with Crippen molar-refractivity contribution in [1.82, 2.24) is 9.80 Å². The van der Waals surface area contributed by atoms with E-state index in [1.807, 2.05) is 5.38 Å². The summed E-state index contributed by atoms with van der Waals surface area (Å²) in [6.45, 7) is 5.87. The van der Waals surface area contributed by atoms with Gasteiger partial charge in [0.25, 0.3) is 0 Å². The molecular formula is C16H22N2O2S. The molecule has 2 fully saturated rings. The van der Waals surface area contributed by atoms with Crippen LogP contribution in [0.5, 0.6) is 0 Å². The quantitative estimate of drug-likeness (QED) is 0.868. The van der Waals surface area contributed by atoms with Crippen LogP contribution < -0.4 is 0 Å². The third-order valence-electron chi connectivity index (χ3n) is 4.36. The molecule has 1 aromatic heterocycles. The van der Waals surface area contributed by atoms with Gasteiger partial charge in [-0.05, 0) is 62.0 Å². The molecule has 0 bridgehead atoms. The number of nitrogens with zero attached hydrogens (tertiary/aromatic N) is 2. The smallest absolute Gasteiger partial charge is 0.328 e. The van der Waals surface area contributed by atoms with Crippen molar-refractivity contribution in [2.75, 3.05) is 26.2 Å². The summed E-state index contributed by atoms with van der Waals surface area (Å²) >= 11 is 1.73. The van der Waals surface area contributed by atoms with Gasteiger partial charge in [0.1, 0.15) is 0 Å². The van der Waals surface area contributed by atoms with E-state index in [9.17, 15) is 4.79 Å². The molecule has 5 heteroatoms. The first kappa shape index (κ1) is 14.8. The van der Waals surface area contributed by atoms with Crippen LogP contribution in [-0.4, -0.2) is 53.1 Å². The number of fused-ring (bicyclic) bond motifs is 1. The van der Waals surface area contributed by atoms with Gasteiger partial charge in [0.15, 0.2) is 0 Å². The van der Waals surface area contributed by atoms with E-state index < -0.39 is 5.97 Å². The van der Waals surface area contributed by atoms with Crippen molar-refractivity contribution in [3.8, 4) is 0 Å².